The topological polar surface area (TPSA) is 31.9 Å². The highest BCUT2D eigenvalue weighted by Gasteiger charge is 2.39. The molecule has 1 aromatic carbocycles. The fourth-order valence-electron chi connectivity index (χ4n) is 3.66. The van der Waals surface area contributed by atoms with Gasteiger partial charge in [-0.2, -0.15) is 0 Å². The summed E-state index contributed by atoms with van der Waals surface area (Å²) < 4.78 is 0. The first kappa shape index (κ1) is 10.2. The highest BCUT2D eigenvalue weighted by molar-refractivity contribution is 5.45. The minimum Gasteiger partial charge on any atom is -0.339 e. The van der Waals surface area contributed by atoms with E-state index in [4.69, 9.17) is 0 Å². The van der Waals surface area contributed by atoms with E-state index in [0.717, 1.165) is 12.5 Å². The highest BCUT2D eigenvalue weighted by Crippen LogP contribution is 2.42. The Hall–Kier alpha value is -1.77. The molecule has 0 spiro atoms. The number of H-pyrrole nitrogens is 1. The van der Waals surface area contributed by atoms with Crippen molar-refractivity contribution in [3.8, 4) is 0 Å². The van der Waals surface area contributed by atoms with Crippen molar-refractivity contribution >= 4 is 5.95 Å². The second-order valence-corrected chi connectivity index (χ2v) is 5.33. The van der Waals surface area contributed by atoms with Crippen LogP contribution in [0.15, 0.2) is 36.7 Å². The number of piperidine rings is 1. The third kappa shape index (κ3) is 1.40. The molecule has 1 aliphatic heterocycles. The summed E-state index contributed by atoms with van der Waals surface area (Å²) in [5, 5.41) is 0. The molecule has 2 heterocycles. The molecule has 2 aliphatic rings. The molecule has 2 aromatic rings. The zero-order chi connectivity index (χ0) is 11.9. The van der Waals surface area contributed by atoms with E-state index in [9.17, 15) is 0 Å². The molecule has 3 heteroatoms. The summed E-state index contributed by atoms with van der Waals surface area (Å²) in [4.78, 5) is 10.2. The zero-order valence-electron chi connectivity index (χ0n) is 10.3. The normalized spacial score (nSPS) is 25.9. The molecule has 1 aliphatic carbocycles. The van der Waals surface area contributed by atoms with Crippen LogP contribution in [0.3, 0.4) is 0 Å². The van der Waals surface area contributed by atoms with Gasteiger partial charge in [0.1, 0.15) is 0 Å². The van der Waals surface area contributed by atoms with Gasteiger partial charge in [-0.3, -0.25) is 0 Å². The maximum absolute atomic E-state index is 4.43. The zero-order valence-corrected chi connectivity index (χ0v) is 10.3. The van der Waals surface area contributed by atoms with Crippen LogP contribution in [0.25, 0.3) is 0 Å². The maximum atomic E-state index is 4.43. The first-order valence-corrected chi connectivity index (χ1v) is 6.77. The third-order valence-electron chi connectivity index (χ3n) is 4.42. The van der Waals surface area contributed by atoms with Gasteiger partial charge in [0.2, 0.25) is 5.95 Å². The molecule has 1 N–H and O–H groups in total. The fourth-order valence-corrected chi connectivity index (χ4v) is 3.66. The lowest BCUT2D eigenvalue weighted by atomic mass is 9.89. The molecule has 0 unspecified atom stereocenters. The van der Waals surface area contributed by atoms with E-state index in [1.807, 2.05) is 12.4 Å². The van der Waals surface area contributed by atoms with E-state index in [-0.39, 0.29) is 0 Å². The Labute approximate surface area is 107 Å². The Morgan fingerprint density at radius 3 is 3.11 bits per heavy atom. The number of nitrogens with zero attached hydrogens (tertiary/aromatic N) is 2. The quantitative estimate of drug-likeness (QED) is 0.829. The van der Waals surface area contributed by atoms with Gasteiger partial charge in [0.25, 0.3) is 0 Å². The Balaban J connectivity index is 1.72. The van der Waals surface area contributed by atoms with Gasteiger partial charge in [-0.25, -0.2) is 4.98 Å². The lowest BCUT2D eigenvalue weighted by Gasteiger charge is -2.37. The molecule has 1 aromatic heterocycles. The van der Waals surface area contributed by atoms with Crippen LogP contribution in [0.4, 0.5) is 5.95 Å². The molecule has 92 valence electrons. The first-order valence-electron chi connectivity index (χ1n) is 6.77. The smallest absolute Gasteiger partial charge is 0.203 e. The molecule has 0 radical (unpaired) electrons. The van der Waals surface area contributed by atoms with Gasteiger partial charge >= 0.3 is 0 Å². The minimum atomic E-state index is 0.599. The lowest BCUT2D eigenvalue weighted by molar-refractivity contribution is 0.420. The monoisotopic (exact) mass is 239 g/mol. The highest BCUT2D eigenvalue weighted by atomic mass is 15.3. The molecule has 2 atom stereocenters. The predicted octanol–water partition coefficient (Wildman–Crippen LogP) is 2.72. The van der Waals surface area contributed by atoms with Crippen molar-refractivity contribution in [3.63, 3.8) is 0 Å². The van der Waals surface area contributed by atoms with E-state index in [2.05, 4.69) is 39.1 Å². The minimum absolute atomic E-state index is 0.599. The molecule has 0 bridgehead atoms. The number of hydrogen-bond donors (Lipinski definition) is 1. The van der Waals surface area contributed by atoms with Crippen LogP contribution in [-0.4, -0.2) is 22.6 Å². The van der Waals surface area contributed by atoms with Crippen molar-refractivity contribution in [1.82, 2.24) is 9.97 Å². The average molecular weight is 239 g/mol. The van der Waals surface area contributed by atoms with Gasteiger partial charge in [0.05, 0.1) is 0 Å². The molecule has 1 fully saturated rings. The first-order chi connectivity index (χ1) is 8.93. The summed E-state index contributed by atoms with van der Waals surface area (Å²) in [6.45, 7) is 1.13. The van der Waals surface area contributed by atoms with Gasteiger partial charge in [-0.05, 0) is 30.4 Å². The van der Waals surface area contributed by atoms with Crippen molar-refractivity contribution in [2.24, 2.45) is 0 Å². The summed E-state index contributed by atoms with van der Waals surface area (Å²) in [5.74, 6) is 1.73. The number of anilines is 1. The second-order valence-electron chi connectivity index (χ2n) is 5.33. The van der Waals surface area contributed by atoms with E-state index in [1.54, 1.807) is 5.56 Å². The molecular formula is C15H17N3. The number of nitrogens with one attached hydrogen (secondary N) is 1. The van der Waals surface area contributed by atoms with E-state index in [0.29, 0.717) is 12.0 Å². The molecular weight excluding hydrogens is 222 g/mol. The number of rotatable bonds is 1. The fraction of sp³-hybridized carbons (Fsp3) is 0.400. The van der Waals surface area contributed by atoms with Gasteiger partial charge < -0.3 is 9.88 Å². The summed E-state index contributed by atoms with van der Waals surface area (Å²) >= 11 is 0. The second kappa shape index (κ2) is 3.87. The summed E-state index contributed by atoms with van der Waals surface area (Å²) in [6.07, 6.45) is 7.51. The SMILES string of the molecule is c1ccc2c(c1)C[C@H]1[C@@H]2CCCN1c1ncc[nH]1. The van der Waals surface area contributed by atoms with Crippen LogP contribution < -0.4 is 4.90 Å². The van der Waals surface area contributed by atoms with Gasteiger partial charge in [-0.1, -0.05) is 24.3 Å². The van der Waals surface area contributed by atoms with Gasteiger partial charge in [0, 0.05) is 30.9 Å². The van der Waals surface area contributed by atoms with Crippen molar-refractivity contribution in [1.29, 1.82) is 0 Å². The van der Waals surface area contributed by atoms with Crippen LogP contribution in [0.5, 0.6) is 0 Å². The standard InChI is InChI=1S/C15H17N3/c1-2-5-12-11(4-1)10-14-13(12)6-3-9-18(14)15-16-7-8-17-15/h1-2,4-5,7-8,13-14H,3,6,9-10H2,(H,16,17)/t13-,14+/m1/s1. The van der Waals surface area contributed by atoms with Crippen molar-refractivity contribution < 1.29 is 0 Å². The van der Waals surface area contributed by atoms with Gasteiger partial charge in [-0.15, -0.1) is 0 Å². The van der Waals surface area contributed by atoms with Crippen LogP contribution >= 0.6 is 0 Å². The average Bonchev–Trinajstić information content (AvgIpc) is 3.05. The molecule has 0 saturated carbocycles. The Bertz CT molecular complexity index is 541. The summed E-state index contributed by atoms with van der Waals surface area (Å²) in [6, 6.07) is 9.53. The molecule has 3 nitrogen and oxygen atoms in total. The van der Waals surface area contributed by atoms with Crippen LogP contribution in [-0.2, 0) is 6.42 Å². The van der Waals surface area contributed by atoms with Crippen molar-refractivity contribution in [2.45, 2.75) is 31.2 Å². The number of imidazole rings is 1. The van der Waals surface area contributed by atoms with Crippen molar-refractivity contribution in [2.75, 3.05) is 11.4 Å². The number of fused-ring (bicyclic) bond motifs is 3. The summed E-state index contributed by atoms with van der Waals surface area (Å²) in [7, 11) is 0. The Kier molecular flexibility index (Phi) is 2.19. The number of aromatic nitrogens is 2. The number of aromatic amines is 1. The van der Waals surface area contributed by atoms with E-state index < -0.39 is 0 Å². The largest absolute Gasteiger partial charge is 0.339 e. The Morgan fingerprint density at radius 2 is 2.22 bits per heavy atom. The van der Waals surface area contributed by atoms with E-state index >= 15 is 0 Å². The Morgan fingerprint density at radius 1 is 1.28 bits per heavy atom. The molecule has 1 saturated heterocycles. The van der Waals surface area contributed by atoms with Crippen LogP contribution in [0.1, 0.15) is 29.9 Å². The number of benzene rings is 1. The van der Waals surface area contributed by atoms with Gasteiger partial charge in [0.15, 0.2) is 0 Å². The predicted molar refractivity (Wildman–Crippen MR) is 71.8 cm³/mol. The van der Waals surface area contributed by atoms with Crippen LogP contribution in [0, 0.1) is 0 Å². The molecule has 18 heavy (non-hydrogen) atoms. The molecule has 4 rings (SSSR count). The van der Waals surface area contributed by atoms with Crippen molar-refractivity contribution in [3.05, 3.63) is 47.8 Å². The van der Waals surface area contributed by atoms with Crippen LogP contribution in [0.2, 0.25) is 0 Å². The third-order valence-corrected chi connectivity index (χ3v) is 4.42. The maximum Gasteiger partial charge on any atom is 0.203 e. The van der Waals surface area contributed by atoms with E-state index in [1.165, 1.54) is 24.8 Å². The number of hydrogen-bond acceptors (Lipinski definition) is 2. The molecule has 0 amide bonds. The lowest BCUT2D eigenvalue weighted by Crippen LogP contribution is -2.43. The summed E-state index contributed by atoms with van der Waals surface area (Å²) in [5.41, 5.74) is 3.10.